The summed E-state index contributed by atoms with van der Waals surface area (Å²) in [5.41, 5.74) is 5.94. The molecule has 0 aromatic heterocycles. The summed E-state index contributed by atoms with van der Waals surface area (Å²) in [6.07, 6.45) is 7.76. The van der Waals surface area contributed by atoms with Crippen molar-refractivity contribution in [2.45, 2.75) is 70.9 Å². The molecule has 19 heavy (non-hydrogen) atoms. The summed E-state index contributed by atoms with van der Waals surface area (Å²) in [6.45, 7) is 5.48. The van der Waals surface area contributed by atoms with Gasteiger partial charge in [-0.15, -0.1) is 12.4 Å². The Hall–Kier alpha value is -0.280. The average Bonchev–Trinajstić information content (AvgIpc) is 2.75. The highest BCUT2D eigenvalue weighted by atomic mass is 35.5. The fourth-order valence-corrected chi connectivity index (χ4v) is 3.56. The zero-order valence-electron chi connectivity index (χ0n) is 12.3. The van der Waals surface area contributed by atoms with Crippen LogP contribution < -0.4 is 5.73 Å². The SMILES string of the molecule is CC(C)CC1CCCCN1C(=O)C1CCC(N)C1.Cl. The zero-order chi connectivity index (χ0) is 13.1. The van der Waals surface area contributed by atoms with Gasteiger partial charge in [0.15, 0.2) is 0 Å². The maximum atomic E-state index is 12.6. The molecular weight excluding hydrogens is 260 g/mol. The van der Waals surface area contributed by atoms with Crippen molar-refractivity contribution in [2.24, 2.45) is 17.6 Å². The number of carbonyl (C=O) groups excluding carboxylic acids is 1. The molecule has 3 nitrogen and oxygen atoms in total. The predicted octanol–water partition coefficient (Wildman–Crippen LogP) is 2.96. The summed E-state index contributed by atoms with van der Waals surface area (Å²) in [5, 5.41) is 0. The highest BCUT2D eigenvalue weighted by Crippen LogP contribution is 2.30. The lowest BCUT2D eigenvalue weighted by atomic mass is 9.92. The van der Waals surface area contributed by atoms with E-state index in [1.807, 2.05) is 0 Å². The lowest BCUT2D eigenvalue weighted by Crippen LogP contribution is -2.46. The Morgan fingerprint density at radius 2 is 2.00 bits per heavy atom. The second-order valence-corrected chi connectivity index (χ2v) is 6.58. The summed E-state index contributed by atoms with van der Waals surface area (Å²) >= 11 is 0. The number of nitrogens with two attached hydrogens (primary N) is 1. The van der Waals surface area contributed by atoms with E-state index >= 15 is 0 Å². The van der Waals surface area contributed by atoms with Gasteiger partial charge in [-0.3, -0.25) is 4.79 Å². The summed E-state index contributed by atoms with van der Waals surface area (Å²) in [5.74, 6) is 1.29. The Morgan fingerprint density at radius 1 is 1.26 bits per heavy atom. The first-order valence-corrected chi connectivity index (χ1v) is 7.64. The lowest BCUT2D eigenvalue weighted by molar-refractivity contribution is -0.139. The molecule has 0 bridgehead atoms. The maximum Gasteiger partial charge on any atom is 0.225 e. The number of carbonyl (C=O) groups is 1. The molecule has 2 rings (SSSR count). The molecule has 4 heteroatoms. The summed E-state index contributed by atoms with van der Waals surface area (Å²) in [6, 6.07) is 0.746. The Bertz CT molecular complexity index is 296. The van der Waals surface area contributed by atoms with Crippen LogP contribution in [0.3, 0.4) is 0 Å². The number of rotatable bonds is 3. The molecule has 1 aliphatic carbocycles. The van der Waals surface area contributed by atoms with Gasteiger partial charge in [-0.1, -0.05) is 13.8 Å². The van der Waals surface area contributed by atoms with Crippen molar-refractivity contribution in [1.29, 1.82) is 0 Å². The molecule has 2 aliphatic rings. The third-order valence-electron chi connectivity index (χ3n) is 4.48. The predicted molar refractivity (Wildman–Crippen MR) is 81.4 cm³/mol. The van der Waals surface area contributed by atoms with Gasteiger partial charge in [0.25, 0.3) is 0 Å². The van der Waals surface area contributed by atoms with E-state index in [1.165, 1.54) is 19.3 Å². The Morgan fingerprint density at radius 3 is 2.58 bits per heavy atom. The molecular formula is C15H29ClN2O. The van der Waals surface area contributed by atoms with Crippen molar-refractivity contribution < 1.29 is 4.79 Å². The standard InChI is InChI=1S/C15H28N2O.ClH/c1-11(2)9-14-5-3-4-8-17(14)15(18)12-6-7-13(16)10-12;/h11-14H,3-10,16H2,1-2H3;1H. The largest absolute Gasteiger partial charge is 0.339 e. The number of hydrogen-bond acceptors (Lipinski definition) is 2. The molecule has 1 saturated carbocycles. The smallest absolute Gasteiger partial charge is 0.225 e. The van der Waals surface area contributed by atoms with E-state index < -0.39 is 0 Å². The van der Waals surface area contributed by atoms with E-state index in [2.05, 4.69) is 18.7 Å². The van der Waals surface area contributed by atoms with Crippen molar-refractivity contribution in [3.63, 3.8) is 0 Å². The zero-order valence-corrected chi connectivity index (χ0v) is 13.1. The molecule has 3 atom stereocenters. The van der Waals surface area contributed by atoms with Crippen molar-refractivity contribution in [1.82, 2.24) is 4.90 Å². The fraction of sp³-hybridized carbons (Fsp3) is 0.933. The first kappa shape index (κ1) is 16.8. The first-order chi connectivity index (χ1) is 8.58. The Kier molecular flexibility index (Phi) is 6.61. The number of piperidine rings is 1. The summed E-state index contributed by atoms with van der Waals surface area (Å²) < 4.78 is 0. The van der Waals surface area contributed by atoms with Crippen LogP contribution in [0.2, 0.25) is 0 Å². The van der Waals surface area contributed by atoms with Gasteiger partial charge in [0.1, 0.15) is 0 Å². The third-order valence-corrected chi connectivity index (χ3v) is 4.48. The number of likely N-dealkylation sites (tertiary alicyclic amines) is 1. The topological polar surface area (TPSA) is 46.3 Å². The van der Waals surface area contributed by atoms with Crippen LogP contribution in [0.15, 0.2) is 0 Å². The molecule has 0 radical (unpaired) electrons. The highest BCUT2D eigenvalue weighted by Gasteiger charge is 2.35. The van der Waals surface area contributed by atoms with Gasteiger partial charge < -0.3 is 10.6 Å². The second kappa shape index (κ2) is 7.49. The lowest BCUT2D eigenvalue weighted by Gasteiger charge is -2.38. The van der Waals surface area contributed by atoms with Crippen molar-refractivity contribution in [3.8, 4) is 0 Å². The van der Waals surface area contributed by atoms with Crippen molar-refractivity contribution in [3.05, 3.63) is 0 Å². The van der Waals surface area contributed by atoms with Crippen LogP contribution in [0.25, 0.3) is 0 Å². The van der Waals surface area contributed by atoms with E-state index in [0.717, 1.165) is 32.2 Å². The molecule has 1 heterocycles. The molecule has 2 fully saturated rings. The normalized spacial score (nSPS) is 31.4. The Balaban J connectivity index is 0.00000180. The van der Waals surface area contributed by atoms with Gasteiger partial charge in [0.05, 0.1) is 0 Å². The van der Waals surface area contributed by atoms with E-state index in [-0.39, 0.29) is 24.4 Å². The Labute approximate surface area is 123 Å². The van der Waals surface area contributed by atoms with E-state index in [4.69, 9.17) is 5.73 Å². The minimum Gasteiger partial charge on any atom is -0.339 e. The average molecular weight is 289 g/mol. The minimum absolute atomic E-state index is 0. The third kappa shape index (κ3) is 4.35. The van der Waals surface area contributed by atoms with Crippen LogP contribution >= 0.6 is 12.4 Å². The van der Waals surface area contributed by atoms with Crippen LogP contribution in [-0.4, -0.2) is 29.4 Å². The van der Waals surface area contributed by atoms with Gasteiger partial charge >= 0.3 is 0 Å². The summed E-state index contributed by atoms with van der Waals surface area (Å²) in [4.78, 5) is 14.8. The molecule has 1 aliphatic heterocycles. The van der Waals surface area contributed by atoms with Gasteiger partial charge in [-0.05, 0) is 50.9 Å². The van der Waals surface area contributed by atoms with Crippen LogP contribution in [0.4, 0.5) is 0 Å². The van der Waals surface area contributed by atoms with Gasteiger partial charge in [-0.2, -0.15) is 0 Å². The molecule has 1 amide bonds. The van der Waals surface area contributed by atoms with Crippen molar-refractivity contribution in [2.75, 3.05) is 6.54 Å². The maximum absolute atomic E-state index is 12.6. The molecule has 3 unspecified atom stereocenters. The van der Waals surface area contributed by atoms with Gasteiger partial charge in [0, 0.05) is 24.5 Å². The number of halogens is 1. The number of hydrogen-bond donors (Lipinski definition) is 1. The summed E-state index contributed by atoms with van der Waals surface area (Å²) in [7, 11) is 0. The van der Waals surface area contributed by atoms with Crippen molar-refractivity contribution >= 4 is 18.3 Å². The second-order valence-electron chi connectivity index (χ2n) is 6.58. The molecule has 0 spiro atoms. The quantitative estimate of drug-likeness (QED) is 0.868. The molecule has 2 N–H and O–H groups in total. The first-order valence-electron chi connectivity index (χ1n) is 7.64. The minimum atomic E-state index is 0. The van der Waals surface area contributed by atoms with Gasteiger partial charge in [-0.25, -0.2) is 0 Å². The van der Waals surface area contributed by atoms with Crippen LogP contribution in [0.1, 0.15) is 58.8 Å². The molecule has 0 aromatic carbocycles. The van der Waals surface area contributed by atoms with E-state index in [0.29, 0.717) is 17.9 Å². The van der Waals surface area contributed by atoms with Crippen LogP contribution in [-0.2, 0) is 4.79 Å². The highest BCUT2D eigenvalue weighted by molar-refractivity contribution is 5.85. The monoisotopic (exact) mass is 288 g/mol. The number of nitrogens with zero attached hydrogens (tertiary/aromatic N) is 1. The molecule has 112 valence electrons. The van der Waals surface area contributed by atoms with Gasteiger partial charge in [0.2, 0.25) is 5.91 Å². The molecule has 0 aromatic rings. The van der Waals surface area contributed by atoms with E-state index in [1.54, 1.807) is 0 Å². The molecule has 1 saturated heterocycles. The number of amides is 1. The van der Waals surface area contributed by atoms with Crippen LogP contribution in [0.5, 0.6) is 0 Å². The van der Waals surface area contributed by atoms with E-state index in [9.17, 15) is 4.79 Å². The fourth-order valence-electron chi connectivity index (χ4n) is 3.56. The van der Waals surface area contributed by atoms with Crippen LogP contribution in [0, 0.1) is 11.8 Å².